The molecule has 0 radical (unpaired) electrons. The van der Waals surface area contributed by atoms with Crippen molar-refractivity contribution in [2.24, 2.45) is 0 Å². The lowest BCUT2D eigenvalue weighted by atomic mass is 10.1. The number of benzene rings is 2. The normalized spacial score (nSPS) is 15.9. The molecule has 1 aliphatic heterocycles. The zero-order valence-electron chi connectivity index (χ0n) is 11.2. The van der Waals surface area contributed by atoms with Crippen molar-refractivity contribution < 1.29 is 13.9 Å². The van der Waals surface area contributed by atoms with Gasteiger partial charge in [0.2, 0.25) is 0 Å². The Bertz CT molecular complexity index is 725. The predicted molar refractivity (Wildman–Crippen MR) is 75.6 cm³/mol. The van der Waals surface area contributed by atoms with Gasteiger partial charge in [-0.2, -0.15) is 5.26 Å². The van der Waals surface area contributed by atoms with Crippen molar-refractivity contribution in [3.05, 3.63) is 53.3 Å². The van der Waals surface area contributed by atoms with Crippen LogP contribution < -0.4 is 15.2 Å². The minimum absolute atomic E-state index is 0.189. The Balaban J connectivity index is 1.67. The highest BCUT2D eigenvalue weighted by Crippen LogP contribution is 2.30. The first-order valence-electron chi connectivity index (χ1n) is 6.53. The van der Waals surface area contributed by atoms with Gasteiger partial charge in [-0.1, -0.05) is 0 Å². The third-order valence-electron chi connectivity index (χ3n) is 3.31. The zero-order chi connectivity index (χ0) is 14.8. The molecule has 1 atom stereocenters. The number of halogens is 1. The summed E-state index contributed by atoms with van der Waals surface area (Å²) in [5.74, 6) is 0.879. The number of ether oxygens (including phenoxy) is 2. The Morgan fingerprint density at radius 3 is 3.00 bits per heavy atom. The van der Waals surface area contributed by atoms with E-state index in [1.54, 1.807) is 24.3 Å². The van der Waals surface area contributed by atoms with Crippen molar-refractivity contribution in [3.63, 3.8) is 0 Å². The molecule has 1 heterocycles. The molecule has 5 heteroatoms. The third kappa shape index (κ3) is 2.75. The second-order valence-electron chi connectivity index (χ2n) is 4.87. The van der Waals surface area contributed by atoms with Crippen LogP contribution in [0.1, 0.15) is 11.1 Å². The third-order valence-corrected chi connectivity index (χ3v) is 3.31. The monoisotopic (exact) mass is 284 g/mol. The molecule has 0 spiro atoms. The Morgan fingerprint density at radius 1 is 1.33 bits per heavy atom. The lowest BCUT2D eigenvalue weighted by Crippen LogP contribution is -2.22. The van der Waals surface area contributed by atoms with E-state index in [2.05, 4.69) is 0 Å². The van der Waals surface area contributed by atoms with Crippen LogP contribution in [-0.4, -0.2) is 12.7 Å². The molecule has 0 fully saturated rings. The van der Waals surface area contributed by atoms with Gasteiger partial charge in [0.1, 0.15) is 36.1 Å². The molecule has 4 nitrogen and oxygen atoms in total. The number of rotatable bonds is 3. The molecule has 0 saturated carbocycles. The summed E-state index contributed by atoms with van der Waals surface area (Å²) in [5, 5.41) is 9.05. The van der Waals surface area contributed by atoms with Crippen LogP contribution in [0, 0.1) is 17.1 Å². The van der Waals surface area contributed by atoms with E-state index in [9.17, 15) is 4.39 Å². The van der Waals surface area contributed by atoms with Crippen molar-refractivity contribution in [2.45, 2.75) is 12.5 Å². The summed E-state index contributed by atoms with van der Waals surface area (Å²) < 4.78 is 24.5. The molecule has 0 amide bonds. The summed E-state index contributed by atoms with van der Waals surface area (Å²) in [6, 6.07) is 11.4. The molecule has 106 valence electrons. The number of nitrogens with two attached hydrogens (primary N) is 1. The zero-order valence-corrected chi connectivity index (χ0v) is 11.2. The first kappa shape index (κ1) is 13.3. The lowest BCUT2D eigenvalue weighted by molar-refractivity contribution is 0.148. The van der Waals surface area contributed by atoms with Gasteiger partial charge in [0, 0.05) is 17.7 Å². The van der Waals surface area contributed by atoms with Gasteiger partial charge in [-0.3, -0.25) is 0 Å². The fraction of sp³-hybridized carbons (Fsp3) is 0.188. The average Bonchev–Trinajstić information content (AvgIpc) is 2.87. The van der Waals surface area contributed by atoms with Crippen LogP contribution in [0.15, 0.2) is 36.4 Å². The molecule has 0 bridgehead atoms. The first-order valence-corrected chi connectivity index (χ1v) is 6.53. The summed E-state index contributed by atoms with van der Waals surface area (Å²) in [7, 11) is 0. The van der Waals surface area contributed by atoms with Crippen molar-refractivity contribution >= 4 is 5.69 Å². The largest absolute Gasteiger partial charge is 0.488 e. The highest BCUT2D eigenvalue weighted by molar-refractivity contribution is 5.53. The van der Waals surface area contributed by atoms with Gasteiger partial charge in [0.05, 0.1) is 5.56 Å². The van der Waals surface area contributed by atoms with E-state index in [0.29, 0.717) is 29.2 Å². The van der Waals surface area contributed by atoms with Crippen molar-refractivity contribution in [3.8, 4) is 17.6 Å². The standard InChI is InChI=1S/C16H13FN2O2/c17-12-1-3-16-10(5-12)7-14(21-16)9-20-15-4-2-13(19)6-11(15)8-18/h1-6,14H,7,9,19H2. The Labute approximate surface area is 121 Å². The second kappa shape index (κ2) is 5.33. The fourth-order valence-corrected chi connectivity index (χ4v) is 2.33. The minimum Gasteiger partial charge on any atom is -0.488 e. The number of nitrogens with zero attached hydrogens (tertiary/aromatic N) is 1. The molecule has 2 aromatic rings. The average molecular weight is 284 g/mol. The Morgan fingerprint density at radius 2 is 2.19 bits per heavy atom. The summed E-state index contributed by atoms with van der Waals surface area (Å²) in [4.78, 5) is 0. The molecule has 0 aromatic heterocycles. The Kier molecular flexibility index (Phi) is 3.36. The van der Waals surface area contributed by atoms with E-state index in [1.807, 2.05) is 6.07 Å². The number of fused-ring (bicyclic) bond motifs is 1. The van der Waals surface area contributed by atoms with Crippen LogP contribution in [0.5, 0.6) is 11.5 Å². The maximum atomic E-state index is 13.1. The highest BCUT2D eigenvalue weighted by Gasteiger charge is 2.24. The molecule has 0 saturated heterocycles. The van der Waals surface area contributed by atoms with Crippen molar-refractivity contribution in [1.82, 2.24) is 0 Å². The lowest BCUT2D eigenvalue weighted by Gasteiger charge is -2.13. The topological polar surface area (TPSA) is 68.3 Å². The molecule has 21 heavy (non-hydrogen) atoms. The molecular formula is C16H13FN2O2. The van der Waals surface area contributed by atoms with Crippen molar-refractivity contribution in [2.75, 3.05) is 12.3 Å². The number of nitriles is 1. The van der Waals surface area contributed by atoms with Crippen LogP contribution >= 0.6 is 0 Å². The first-order chi connectivity index (χ1) is 10.2. The molecule has 2 aromatic carbocycles. The van der Waals surface area contributed by atoms with Crippen LogP contribution in [0.3, 0.4) is 0 Å². The summed E-state index contributed by atoms with van der Waals surface area (Å²) in [6.07, 6.45) is 0.398. The molecule has 1 unspecified atom stereocenters. The van der Waals surface area contributed by atoms with Gasteiger partial charge in [-0.15, -0.1) is 0 Å². The van der Waals surface area contributed by atoms with E-state index in [0.717, 1.165) is 5.56 Å². The van der Waals surface area contributed by atoms with E-state index in [-0.39, 0.29) is 18.5 Å². The number of nitrogen functional groups attached to an aromatic ring is 1. The summed E-state index contributed by atoms with van der Waals surface area (Å²) in [5.41, 5.74) is 7.36. The van der Waals surface area contributed by atoms with E-state index >= 15 is 0 Å². The van der Waals surface area contributed by atoms with Gasteiger partial charge in [-0.05, 0) is 36.4 Å². The second-order valence-corrected chi connectivity index (χ2v) is 4.87. The molecular weight excluding hydrogens is 271 g/mol. The van der Waals surface area contributed by atoms with Gasteiger partial charge in [0.15, 0.2) is 0 Å². The van der Waals surface area contributed by atoms with Crippen LogP contribution in [0.25, 0.3) is 0 Å². The van der Waals surface area contributed by atoms with Crippen LogP contribution in [-0.2, 0) is 6.42 Å². The quantitative estimate of drug-likeness (QED) is 0.880. The van der Waals surface area contributed by atoms with E-state index in [4.69, 9.17) is 20.5 Å². The molecule has 1 aliphatic rings. The summed E-state index contributed by atoms with van der Waals surface area (Å²) in [6.45, 7) is 0.287. The number of hydrogen-bond donors (Lipinski definition) is 1. The highest BCUT2D eigenvalue weighted by atomic mass is 19.1. The molecule has 3 rings (SSSR count). The van der Waals surface area contributed by atoms with E-state index < -0.39 is 0 Å². The maximum Gasteiger partial charge on any atom is 0.137 e. The van der Waals surface area contributed by atoms with E-state index in [1.165, 1.54) is 12.1 Å². The maximum absolute atomic E-state index is 13.1. The van der Waals surface area contributed by atoms with Crippen LogP contribution in [0.4, 0.5) is 10.1 Å². The smallest absolute Gasteiger partial charge is 0.137 e. The van der Waals surface area contributed by atoms with Crippen molar-refractivity contribution in [1.29, 1.82) is 5.26 Å². The van der Waals surface area contributed by atoms with Gasteiger partial charge in [-0.25, -0.2) is 4.39 Å². The van der Waals surface area contributed by atoms with Gasteiger partial charge in [0.25, 0.3) is 0 Å². The van der Waals surface area contributed by atoms with Crippen LogP contribution in [0.2, 0.25) is 0 Å². The van der Waals surface area contributed by atoms with Gasteiger partial charge < -0.3 is 15.2 Å². The summed E-state index contributed by atoms with van der Waals surface area (Å²) >= 11 is 0. The SMILES string of the molecule is N#Cc1cc(N)ccc1OCC1Cc2cc(F)ccc2O1. The van der Waals surface area contributed by atoms with Gasteiger partial charge >= 0.3 is 0 Å². The molecule has 0 aliphatic carbocycles. The Hall–Kier alpha value is -2.74. The minimum atomic E-state index is -0.274. The fourth-order valence-electron chi connectivity index (χ4n) is 2.33. The number of anilines is 1. The predicted octanol–water partition coefficient (Wildman–Crippen LogP) is 2.66. The number of hydrogen-bond acceptors (Lipinski definition) is 4. The molecule has 2 N–H and O–H groups in total.